The Morgan fingerprint density at radius 3 is 2.57 bits per heavy atom. The van der Waals surface area contributed by atoms with Gasteiger partial charge in [-0.3, -0.25) is 8.96 Å². The maximum Gasteiger partial charge on any atom is 0.337 e. The third-order valence-corrected chi connectivity index (χ3v) is 9.09. The average Bonchev–Trinajstić information content (AvgIpc) is 3.62. The van der Waals surface area contributed by atoms with Crippen LogP contribution in [0.5, 0.6) is 0 Å². The molecule has 0 aliphatic carbocycles. The quantitative estimate of drug-likeness (QED) is 0.162. The number of esters is 1. The number of rotatable bonds is 7. The van der Waals surface area contributed by atoms with Gasteiger partial charge in [0.2, 0.25) is 0 Å². The van der Waals surface area contributed by atoms with Crippen LogP contribution in [0.1, 0.15) is 27.4 Å². The molecule has 0 saturated heterocycles. The first-order chi connectivity index (χ1) is 21.3. The number of alkyl halides is 2. The molecular formula is C33H19ClF3N3O2S2. The van der Waals surface area contributed by atoms with Crippen LogP contribution in [0.15, 0.2) is 95.3 Å². The van der Waals surface area contributed by atoms with Gasteiger partial charge in [0.15, 0.2) is 0 Å². The van der Waals surface area contributed by atoms with Crippen molar-refractivity contribution in [3.8, 4) is 39.6 Å². The van der Waals surface area contributed by atoms with Gasteiger partial charge in [0.25, 0.3) is 6.43 Å². The zero-order valence-corrected chi connectivity index (χ0v) is 25.1. The summed E-state index contributed by atoms with van der Waals surface area (Å²) in [7, 11) is 1.29. The highest BCUT2D eigenvalue weighted by atomic mass is 35.5. The Hall–Kier alpha value is -4.56. The van der Waals surface area contributed by atoms with Gasteiger partial charge in [-0.2, -0.15) is 5.26 Å². The van der Waals surface area contributed by atoms with E-state index in [0.717, 1.165) is 11.1 Å². The van der Waals surface area contributed by atoms with Gasteiger partial charge >= 0.3 is 5.97 Å². The summed E-state index contributed by atoms with van der Waals surface area (Å²) in [5.74, 6) is -0.957. The monoisotopic (exact) mass is 645 g/mol. The second kappa shape index (κ2) is 12.2. The molecule has 0 unspecified atom stereocenters. The molecule has 0 aliphatic rings. The molecule has 0 amide bonds. The molecule has 3 aromatic heterocycles. The van der Waals surface area contributed by atoms with Gasteiger partial charge < -0.3 is 4.74 Å². The molecule has 0 aliphatic heterocycles. The molecule has 5 nitrogen and oxygen atoms in total. The SMILES string of the molecule is COC(=O)c1ccc(-c2cccc(-c3c(-c4ccsc4C#N)c4cc(F)ccc4n3Sc3ccc(C(F)F)nc3)c2)c(Cl)c1. The lowest BCUT2D eigenvalue weighted by Gasteiger charge is -2.14. The van der Waals surface area contributed by atoms with Crippen molar-refractivity contribution in [2.45, 2.75) is 11.3 Å². The molecule has 6 rings (SSSR count). The van der Waals surface area contributed by atoms with Crippen molar-refractivity contribution in [2.75, 3.05) is 7.11 Å². The van der Waals surface area contributed by atoms with Crippen molar-refractivity contribution < 1.29 is 22.7 Å². The first-order valence-electron chi connectivity index (χ1n) is 13.0. The van der Waals surface area contributed by atoms with Crippen molar-refractivity contribution in [3.63, 3.8) is 0 Å². The molecule has 0 N–H and O–H groups in total. The van der Waals surface area contributed by atoms with Gasteiger partial charge in [-0.15, -0.1) is 11.3 Å². The van der Waals surface area contributed by atoms with Crippen molar-refractivity contribution >= 4 is 51.8 Å². The van der Waals surface area contributed by atoms with Crippen LogP contribution >= 0.6 is 34.9 Å². The summed E-state index contributed by atoms with van der Waals surface area (Å²) in [6.07, 6.45) is -1.33. The van der Waals surface area contributed by atoms with E-state index in [9.17, 15) is 23.2 Å². The van der Waals surface area contributed by atoms with Crippen molar-refractivity contribution in [1.29, 1.82) is 5.26 Å². The van der Waals surface area contributed by atoms with Crippen molar-refractivity contribution in [1.82, 2.24) is 8.96 Å². The second-order valence-electron chi connectivity index (χ2n) is 9.53. The van der Waals surface area contributed by atoms with E-state index in [1.807, 2.05) is 34.3 Å². The van der Waals surface area contributed by atoms with Gasteiger partial charge in [0, 0.05) is 43.8 Å². The Morgan fingerprint density at radius 2 is 1.86 bits per heavy atom. The lowest BCUT2D eigenvalue weighted by Crippen LogP contribution is -2.00. The summed E-state index contributed by atoms with van der Waals surface area (Å²) in [6.45, 7) is 0. The maximum absolute atomic E-state index is 14.8. The molecule has 6 aromatic rings. The average molecular weight is 646 g/mol. The minimum atomic E-state index is -2.70. The molecule has 44 heavy (non-hydrogen) atoms. The highest BCUT2D eigenvalue weighted by Gasteiger charge is 2.25. The van der Waals surface area contributed by atoms with Gasteiger partial charge in [0.05, 0.1) is 23.9 Å². The highest BCUT2D eigenvalue weighted by molar-refractivity contribution is 7.98. The Bertz CT molecular complexity index is 2090. The summed E-state index contributed by atoms with van der Waals surface area (Å²) in [6, 6.07) is 23.8. The number of carbonyl (C=O) groups is 1. The fourth-order valence-electron chi connectivity index (χ4n) is 4.97. The van der Waals surface area contributed by atoms with Gasteiger partial charge in [-0.25, -0.2) is 18.0 Å². The topological polar surface area (TPSA) is 67.9 Å². The predicted molar refractivity (Wildman–Crippen MR) is 168 cm³/mol. The number of benzene rings is 3. The van der Waals surface area contributed by atoms with Gasteiger partial charge in [-0.05, 0) is 77.5 Å². The molecule has 0 bridgehead atoms. The minimum Gasteiger partial charge on any atom is -0.465 e. The van der Waals surface area contributed by atoms with Crippen molar-refractivity contribution in [2.24, 2.45) is 0 Å². The number of carbonyl (C=O) groups excluding carboxylic acids is 1. The molecule has 0 saturated carbocycles. The number of ether oxygens (including phenoxy) is 1. The maximum atomic E-state index is 14.8. The molecule has 11 heteroatoms. The van der Waals surface area contributed by atoms with Crippen LogP contribution in [0.25, 0.3) is 44.4 Å². The molecule has 0 fully saturated rings. The number of nitriles is 1. The minimum absolute atomic E-state index is 0.311. The van der Waals surface area contributed by atoms with Crippen LogP contribution < -0.4 is 0 Å². The Kier molecular flexibility index (Phi) is 8.19. The van der Waals surface area contributed by atoms with Crippen LogP contribution in [0.4, 0.5) is 13.2 Å². The smallest absolute Gasteiger partial charge is 0.337 e. The number of methoxy groups -OCH3 is 1. The largest absolute Gasteiger partial charge is 0.465 e. The standard InChI is InChI=1S/C33H19ClF3N3O2S2/c1-42-33(41)20-5-8-23(26(34)14-20)18-3-2-4-19(13-18)31-30(24-11-12-43-29(24)16-38)25-15-21(35)6-10-28(25)40(31)44-22-7-9-27(32(36)37)39-17-22/h2-15,17,32H,1H3. The van der Waals surface area contributed by atoms with E-state index >= 15 is 0 Å². The van der Waals surface area contributed by atoms with Crippen LogP contribution in [0, 0.1) is 17.1 Å². The Balaban J connectivity index is 1.60. The number of fused-ring (bicyclic) bond motifs is 1. The predicted octanol–water partition coefficient (Wildman–Crippen LogP) is 10.0. The third-order valence-electron chi connectivity index (χ3n) is 6.94. The normalized spacial score (nSPS) is 11.2. The molecule has 0 spiro atoms. The number of hydrogen-bond donors (Lipinski definition) is 0. The number of halogens is 4. The number of nitrogens with zero attached hydrogens (tertiary/aromatic N) is 3. The van der Waals surface area contributed by atoms with Crippen molar-refractivity contribution in [3.05, 3.63) is 117 Å². The number of pyridine rings is 1. The number of thiophene rings is 1. The summed E-state index contributed by atoms with van der Waals surface area (Å²) in [5.41, 5.74) is 4.71. The summed E-state index contributed by atoms with van der Waals surface area (Å²) < 4.78 is 47.9. The van der Waals surface area contributed by atoms with E-state index in [2.05, 4.69) is 11.1 Å². The van der Waals surface area contributed by atoms with E-state index in [0.29, 0.717) is 53.6 Å². The highest BCUT2D eigenvalue weighted by Crippen LogP contribution is 2.47. The van der Waals surface area contributed by atoms with E-state index in [1.165, 1.54) is 60.9 Å². The number of aromatic nitrogens is 2. The number of hydrogen-bond acceptors (Lipinski definition) is 6. The summed E-state index contributed by atoms with van der Waals surface area (Å²) in [4.78, 5) is 17.0. The molecule has 3 aromatic carbocycles. The second-order valence-corrected chi connectivity index (χ2v) is 11.9. The fraction of sp³-hybridized carbons (Fsp3) is 0.0606. The van der Waals surface area contributed by atoms with E-state index in [-0.39, 0.29) is 5.69 Å². The molecule has 0 radical (unpaired) electrons. The molecular weight excluding hydrogens is 627 g/mol. The Labute approximate surface area is 263 Å². The van der Waals surface area contributed by atoms with E-state index in [1.54, 1.807) is 29.6 Å². The zero-order valence-electron chi connectivity index (χ0n) is 22.7. The lowest BCUT2D eigenvalue weighted by atomic mass is 9.96. The van der Waals surface area contributed by atoms with Gasteiger partial charge in [-0.1, -0.05) is 35.9 Å². The molecule has 3 heterocycles. The first kappa shape index (κ1) is 29.5. The van der Waals surface area contributed by atoms with E-state index < -0.39 is 18.2 Å². The molecule has 218 valence electrons. The van der Waals surface area contributed by atoms with Crippen LogP contribution in [-0.2, 0) is 4.74 Å². The summed E-state index contributed by atoms with van der Waals surface area (Å²) >= 11 is 9.13. The third kappa shape index (κ3) is 5.46. The van der Waals surface area contributed by atoms with Crippen LogP contribution in [0.2, 0.25) is 5.02 Å². The van der Waals surface area contributed by atoms with E-state index in [4.69, 9.17) is 16.3 Å². The lowest BCUT2D eigenvalue weighted by molar-refractivity contribution is 0.0600. The van der Waals surface area contributed by atoms with Crippen LogP contribution in [0.3, 0.4) is 0 Å². The first-order valence-corrected chi connectivity index (χ1v) is 15.0. The van der Waals surface area contributed by atoms with Gasteiger partial charge in [0.1, 0.15) is 22.5 Å². The Morgan fingerprint density at radius 1 is 1.05 bits per heavy atom. The fourth-order valence-corrected chi connectivity index (χ4v) is 6.93. The molecule has 0 atom stereocenters. The van der Waals surface area contributed by atoms with Crippen LogP contribution in [-0.4, -0.2) is 22.0 Å². The summed E-state index contributed by atoms with van der Waals surface area (Å²) in [5, 5.41) is 12.7. The zero-order chi connectivity index (χ0) is 31.0.